The van der Waals surface area contributed by atoms with E-state index in [0.29, 0.717) is 17.4 Å². The molecule has 2 aromatic rings. The van der Waals surface area contributed by atoms with Crippen LogP contribution in [-0.4, -0.2) is 0 Å². The standard InChI is InChI=1S/C16H18FNO/c1-3-11(2)13-6-4-5-7-15(13)19-16-9-8-12(17)10-14(16)18/h4-11H,3,18H2,1-2H3. The Balaban J connectivity index is 2.33. The van der Waals surface area contributed by atoms with E-state index in [-0.39, 0.29) is 5.82 Å². The third-order valence-corrected chi connectivity index (χ3v) is 3.25. The van der Waals surface area contributed by atoms with Crippen LogP contribution in [0.2, 0.25) is 0 Å². The van der Waals surface area contributed by atoms with Gasteiger partial charge in [-0.25, -0.2) is 4.39 Å². The predicted molar refractivity (Wildman–Crippen MR) is 76.0 cm³/mol. The predicted octanol–water partition coefficient (Wildman–Crippen LogP) is 4.71. The Morgan fingerprint density at radius 1 is 1.16 bits per heavy atom. The van der Waals surface area contributed by atoms with E-state index in [0.717, 1.165) is 17.7 Å². The number of benzene rings is 2. The van der Waals surface area contributed by atoms with E-state index in [1.807, 2.05) is 24.3 Å². The second-order valence-electron chi connectivity index (χ2n) is 4.63. The van der Waals surface area contributed by atoms with Gasteiger partial charge < -0.3 is 10.5 Å². The highest BCUT2D eigenvalue weighted by Crippen LogP contribution is 2.34. The smallest absolute Gasteiger partial charge is 0.150 e. The first-order valence-corrected chi connectivity index (χ1v) is 6.43. The minimum absolute atomic E-state index is 0.305. The summed E-state index contributed by atoms with van der Waals surface area (Å²) in [6, 6.07) is 12.0. The van der Waals surface area contributed by atoms with Gasteiger partial charge in [0, 0.05) is 6.07 Å². The van der Waals surface area contributed by atoms with Crippen LogP contribution in [0, 0.1) is 5.82 Å². The highest BCUT2D eigenvalue weighted by atomic mass is 19.1. The number of anilines is 1. The minimum atomic E-state index is -0.361. The number of hydrogen-bond acceptors (Lipinski definition) is 2. The van der Waals surface area contributed by atoms with Gasteiger partial charge in [-0.2, -0.15) is 0 Å². The molecular formula is C16H18FNO. The van der Waals surface area contributed by atoms with Gasteiger partial charge in [-0.05, 0) is 36.1 Å². The van der Waals surface area contributed by atoms with Gasteiger partial charge in [-0.1, -0.05) is 32.0 Å². The van der Waals surface area contributed by atoms with Crippen molar-refractivity contribution in [3.63, 3.8) is 0 Å². The topological polar surface area (TPSA) is 35.2 Å². The Labute approximate surface area is 113 Å². The number of nitrogen functional groups attached to an aromatic ring is 1. The molecule has 0 saturated heterocycles. The van der Waals surface area contributed by atoms with Crippen molar-refractivity contribution in [2.45, 2.75) is 26.2 Å². The van der Waals surface area contributed by atoms with Gasteiger partial charge in [0.1, 0.15) is 11.6 Å². The molecule has 100 valence electrons. The van der Waals surface area contributed by atoms with Crippen LogP contribution in [0.25, 0.3) is 0 Å². The van der Waals surface area contributed by atoms with Crippen molar-refractivity contribution in [2.75, 3.05) is 5.73 Å². The van der Waals surface area contributed by atoms with Gasteiger partial charge in [0.15, 0.2) is 5.75 Å². The maximum Gasteiger partial charge on any atom is 0.150 e. The van der Waals surface area contributed by atoms with Crippen molar-refractivity contribution in [1.29, 1.82) is 0 Å². The molecule has 1 atom stereocenters. The average Bonchev–Trinajstić information content (AvgIpc) is 2.41. The second kappa shape index (κ2) is 5.74. The van der Waals surface area contributed by atoms with Crippen LogP contribution in [0.4, 0.5) is 10.1 Å². The molecule has 0 heterocycles. The highest BCUT2D eigenvalue weighted by molar-refractivity contribution is 5.54. The lowest BCUT2D eigenvalue weighted by atomic mass is 9.98. The zero-order valence-electron chi connectivity index (χ0n) is 11.2. The maximum atomic E-state index is 13.0. The van der Waals surface area contributed by atoms with Crippen LogP contribution in [0.5, 0.6) is 11.5 Å². The first-order valence-electron chi connectivity index (χ1n) is 6.43. The lowest BCUT2D eigenvalue weighted by Crippen LogP contribution is -1.98. The first kappa shape index (κ1) is 13.4. The summed E-state index contributed by atoms with van der Waals surface area (Å²) < 4.78 is 18.8. The van der Waals surface area contributed by atoms with E-state index in [9.17, 15) is 4.39 Å². The molecule has 0 saturated carbocycles. The van der Waals surface area contributed by atoms with E-state index in [1.54, 1.807) is 6.07 Å². The summed E-state index contributed by atoms with van der Waals surface area (Å²) in [5, 5.41) is 0. The number of rotatable bonds is 4. The lowest BCUT2D eigenvalue weighted by Gasteiger charge is -2.16. The molecule has 0 aliphatic rings. The Kier molecular flexibility index (Phi) is 4.05. The summed E-state index contributed by atoms with van der Waals surface area (Å²) in [7, 11) is 0. The number of halogens is 1. The summed E-state index contributed by atoms with van der Waals surface area (Å²) in [6.07, 6.45) is 1.03. The molecule has 0 spiro atoms. The van der Waals surface area contributed by atoms with E-state index < -0.39 is 0 Å². The van der Waals surface area contributed by atoms with E-state index in [1.165, 1.54) is 12.1 Å². The third kappa shape index (κ3) is 3.05. The zero-order chi connectivity index (χ0) is 13.8. The quantitative estimate of drug-likeness (QED) is 0.807. The molecule has 0 amide bonds. The molecule has 19 heavy (non-hydrogen) atoms. The molecule has 2 aromatic carbocycles. The third-order valence-electron chi connectivity index (χ3n) is 3.25. The molecule has 0 aliphatic carbocycles. The fourth-order valence-corrected chi connectivity index (χ4v) is 1.93. The van der Waals surface area contributed by atoms with Gasteiger partial charge in [0.25, 0.3) is 0 Å². The minimum Gasteiger partial charge on any atom is -0.455 e. The van der Waals surface area contributed by atoms with Crippen molar-refractivity contribution in [3.8, 4) is 11.5 Å². The monoisotopic (exact) mass is 259 g/mol. The van der Waals surface area contributed by atoms with E-state index in [2.05, 4.69) is 13.8 Å². The van der Waals surface area contributed by atoms with Crippen molar-refractivity contribution in [3.05, 3.63) is 53.8 Å². The normalized spacial score (nSPS) is 12.2. The van der Waals surface area contributed by atoms with Gasteiger partial charge in [-0.15, -0.1) is 0 Å². The fraction of sp³-hybridized carbons (Fsp3) is 0.250. The Morgan fingerprint density at radius 3 is 2.58 bits per heavy atom. The summed E-state index contributed by atoms with van der Waals surface area (Å²) in [5.41, 5.74) is 7.20. The Bertz CT molecular complexity index is 568. The molecule has 0 fully saturated rings. The number of nitrogens with two attached hydrogens (primary N) is 1. The van der Waals surface area contributed by atoms with Crippen LogP contribution >= 0.6 is 0 Å². The van der Waals surface area contributed by atoms with Crippen LogP contribution in [0.3, 0.4) is 0 Å². The molecule has 0 aliphatic heterocycles. The van der Waals surface area contributed by atoms with Crippen molar-refractivity contribution in [2.24, 2.45) is 0 Å². The van der Waals surface area contributed by atoms with E-state index >= 15 is 0 Å². The maximum absolute atomic E-state index is 13.0. The highest BCUT2D eigenvalue weighted by Gasteiger charge is 2.11. The van der Waals surface area contributed by atoms with Gasteiger partial charge in [0.2, 0.25) is 0 Å². The van der Waals surface area contributed by atoms with Gasteiger partial charge in [-0.3, -0.25) is 0 Å². The Hall–Kier alpha value is -2.03. The van der Waals surface area contributed by atoms with E-state index in [4.69, 9.17) is 10.5 Å². The molecule has 0 bridgehead atoms. The summed E-state index contributed by atoms with van der Waals surface area (Å²) in [5.74, 6) is 1.30. The molecule has 2 nitrogen and oxygen atoms in total. The van der Waals surface area contributed by atoms with Crippen molar-refractivity contribution >= 4 is 5.69 Å². The van der Waals surface area contributed by atoms with Gasteiger partial charge >= 0.3 is 0 Å². The Morgan fingerprint density at radius 2 is 1.89 bits per heavy atom. The first-order chi connectivity index (χ1) is 9.11. The number of ether oxygens (including phenoxy) is 1. The molecular weight excluding hydrogens is 241 g/mol. The van der Waals surface area contributed by atoms with Crippen LogP contribution in [-0.2, 0) is 0 Å². The van der Waals surface area contributed by atoms with Crippen molar-refractivity contribution < 1.29 is 9.13 Å². The average molecular weight is 259 g/mol. The van der Waals surface area contributed by atoms with Gasteiger partial charge in [0.05, 0.1) is 5.69 Å². The summed E-state index contributed by atoms with van der Waals surface area (Å²) in [6.45, 7) is 4.28. The molecule has 0 aromatic heterocycles. The number of para-hydroxylation sites is 1. The summed E-state index contributed by atoms with van der Waals surface area (Å²) >= 11 is 0. The van der Waals surface area contributed by atoms with Crippen LogP contribution in [0.15, 0.2) is 42.5 Å². The number of hydrogen-bond donors (Lipinski definition) is 1. The molecule has 2 N–H and O–H groups in total. The molecule has 1 unspecified atom stereocenters. The lowest BCUT2D eigenvalue weighted by molar-refractivity contribution is 0.471. The summed E-state index contributed by atoms with van der Waals surface area (Å²) in [4.78, 5) is 0. The van der Waals surface area contributed by atoms with Crippen LogP contribution < -0.4 is 10.5 Å². The zero-order valence-corrected chi connectivity index (χ0v) is 11.2. The molecule has 3 heteroatoms. The SMILES string of the molecule is CCC(C)c1ccccc1Oc1ccc(F)cc1N. The second-order valence-corrected chi connectivity index (χ2v) is 4.63. The van der Waals surface area contributed by atoms with Crippen LogP contribution in [0.1, 0.15) is 31.7 Å². The molecule has 2 rings (SSSR count). The molecule has 0 radical (unpaired) electrons. The van der Waals surface area contributed by atoms with Crippen molar-refractivity contribution in [1.82, 2.24) is 0 Å². The largest absolute Gasteiger partial charge is 0.455 e. The fourth-order valence-electron chi connectivity index (χ4n) is 1.93.